The number of phenolic OH excluding ortho intramolecular Hbond substituents is 1. The molecule has 94 valence electrons. The third-order valence-electron chi connectivity index (χ3n) is 3.23. The molecule has 0 aliphatic carbocycles. The zero-order valence-electron chi connectivity index (χ0n) is 10.6. The summed E-state index contributed by atoms with van der Waals surface area (Å²) in [6.45, 7) is 0. The number of phenols is 1. The molecule has 0 saturated carbocycles. The molecule has 0 atom stereocenters. The zero-order valence-corrected chi connectivity index (χ0v) is 10.6. The first-order chi connectivity index (χ1) is 9.28. The molecule has 0 heterocycles. The van der Waals surface area contributed by atoms with Crippen LogP contribution in [0, 0.1) is 0 Å². The molecular formula is C17H14O2. The number of ether oxygens (including phenoxy) is 1. The summed E-state index contributed by atoms with van der Waals surface area (Å²) >= 11 is 0. The lowest BCUT2D eigenvalue weighted by Crippen LogP contribution is -1.85. The van der Waals surface area contributed by atoms with Crippen LogP contribution in [0.1, 0.15) is 0 Å². The van der Waals surface area contributed by atoms with Gasteiger partial charge in [0.05, 0.1) is 7.11 Å². The minimum atomic E-state index is 0.264. The molecule has 0 amide bonds. The average Bonchev–Trinajstić information content (AvgIpc) is 2.46. The largest absolute Gasteiger partial charge is 0.508 e. The SMILES string of the molecule is COc1ccc2c(-c3ccccc3)cc(O)cc2c1. The van der Waals surface area contributed by atoms with Gasteiger partial charge in [-0.1, -0.05) is 36.4 Å². The standard InChI is InChI=1S/C17H14O2/c1-19-15-7-8-16-13(10-15)9-14(18)11-17(16)12-5-3-2-4-6-12/h2-11,18H,1H3. The fourth-order valence-corrected chi connectivity index (χ4v) is 2.32. The third kappa shape index (κ3) is 2.13. The van der Waals surface area contributed by atoms with Crippen molar-refractivity contribution in [2.75, 3.05) is 7.11 Å². The molecule has 0 aliphatic heterocycles. The number of rotatable bonds is 2. The monoisotopic (exact) mass is 250 g/mol. The van der Waals surface area contributed by atoms with Crippen molar-refractivity contribution in [1.29, 1.82) is 0 Å². The molecule has 0 unspecified atom stereocenters. The van der Waals surface area contributed by atoms with Crippen molar-refractivity contribution in [3.05, 3.63) is 60.7 Å². The Balaban J connectivity index is 2.30. The van der Waals surface area contributed by atoms with Crippen LogP contribution in [0.2, 0.25) is 0 Å². The van der Waals surface area contributed by atoms with Gasteiger partial charge in [-0.3, -0.25) is 0 Å². The molecule has 0 fully saturated rings. The second-order valence-electron chi connectivity index (χ2n) is 4.45. The highest BCUT2D eigenvalue weighted by Gasteiger charge is 2.07. The summed E-state index contributed by atoms with van der Waals surface area (Å²) in [4.78, 5) is 0. The number of hydrogen-bond donors (Lipinski definition) is 1. The maximum atomic E-state index is 9.90. The van der Waals surface area contributed by atoms with Gasteiger partial charge in [0.25, 0.3) is 0 Å². The van der Waals surface area contributed by atoms with E-state index in [0.29, 0.717) is 0 Å². The lowest BCUT2D eigenvalue weighted by Gasteiger charge is -2.09. The Morgan fingerprint density at radius 1 is 0.895 bits per heavy atom. The van der Waals surface area contributed by atoms with Crippen molar-refractivity contribution in [3.8, 4) is 22.6 Å². The molecule has 0 aromatic heterocycles. The van der Waals surface area contributed by atoms with Gasteiger partial charge in [0.1, 0.15) is 11.5 Å². The quantitative estimate of drug-likeness (QED) is 0.737. The lowest BCUT2D eigenvalue weighted by atomic mass is 9.98. The fourth-order valence-electron chi connectivity index (χ4n) is 2.32. The van der Waals surface area contributed by atoms with Gasteiger partial charge < -0.3 is 9.84 Å². The average molecular weight is 250 g/mol. The summed E-state index contributed by atoms with van der Waals surface area (Å²) in [5, 5.41) is 12.0. The van der Waals surface area contributed by atoms with Gasteiger partial charge in [0, 0.05) is 0 Å². The Bertz CT molecular complexity index is 718. The number of aromatic hydroxyl groups is 1. The summed E-state index contributed by atoms with van der Waals surface area (Å²) in [6, 6.07) is 19.5. The van der Waals surface area contributed by atoms with E-state index in [1.165, 1.54) is 0 Å². The Hall–Kier alpha value is -2.48. The van der Waals surface area contributed by atoms with E-state index in [1.807, 2.05) is 48.5 Å². The first-order valence-corrected chi connectivity index (χ1v) is 6.14. The predicted octanol–water partition coefficient (Wildman–Crippen LogP) is 4.22. The van der Waals surface area contributed by atoms with E-state index in [2.05, 4.69) is 0 Å². The van der Waals surface area contributed by atoms with Gasteiger partial charge in [0.2, 0.25) is 0 Å². The van der Waals surface area contributed by atoms with E-state index in [0.717, 1.165) is 27.6 Å². The lowest BCUT2D eigenvalue weighted by molar-refractivity contribution is 0.415. The van der Waals surface area contributed by atoms with Crippen molar-refractivity contribution in [2.45, 2.75) is 0 Å². The van der Waals surface area contributed by atoms with Gasteiger partial charge in [-0.25, -0.2) is 0 Å². The summed E-state index contributed by atoms with van der Waals surface area (Å²) in [6.07, 6.45) is 0. The van der Waals surface area contributed by atoms with Crippen LogP contribution < -0.4 is 4.74 Å². The molecule has 0 saturated heterocycles. The molecule has 3 aromatic rings. The summed E-state index contributed by atoms with van der Waals surface area (Å²) in [5.74, 6) is 1.05. The zero-order chi connectivity index (χ0) is 13.2. The Morgan fingerprint density at radius 2 is 1.68 bits per heavy atom. The molecule has 2 nitrogen and oxygen atoms in total. The molecule has 0 spiro atoms. The highest BCUT2D eigenvalue weighted by Crippen LogP contribution is 2.34. The van der Waals surface area contributed by atoms with Gasteiger partial charge in [-0.2, -0.15) is 0 Å². The number of hydrogen-bond acceptors (Lipinski definition) is 2. The van der Waals surface area contributed by atoms with Crippen molar-refractivity contribution in [1.82, 2.24) is 0 Å². The van der Waals surface area contributed by atoms with Gasteiger partial charge in [-0.15, -0.1) is 0 Å². The maximum absolute atomic E-state index is 9.90. The van der Waals surface area contributed by atoms with Crippen LogP contribution in [0.5, 0.6) is 11.5 Å². The normalized spacial score (nSPS) is 10.6. The van der Waals surface area contributed by atoms with Crippen LogP contribution in [-0.2, 0) is 0 Å². The minimum Gasteiger partial charge on any atom is -0.508 e. The predicted molar refractivity (Wildman–Crippen MR) is 77.6 cm³/mol. The van der Waals surface area contributed by atoms with Gasteiger partial charge >= 0.3 is 0 Å². The number of benzene rings is 3. The van der Waals surface area contributed by atoms with E-state index in [9.17, 15) is 5.11 Å². The second-order valence-corrected chi connectivity index (χ2v) is 4.45. The van der Waals surface area contributed by atoms with Crippen LogP contribution in [0.25, 0.3) is 21.9 Å². The Kier molecular flexibility index (Phi) is 2.84. The second kappa shape index (κ2) is 4.65. The van der Waals surface area contributed by atoms with Crippen LogP contribution in [0.3, 0.4) is 0 Å². The molecule has 2 heteroatoms. The maximum Gasteiger partial charge on any atom is 0.119 e. The van der Waals surface area contributed by atoms with E-state index in [1.54, 1.807) is 19.2 Å². The molecule has 19 heavy (non-hydrogen) atoms. The summed E-state index contributed by atoms with van der Waals surface area (Å²) in [5.41, 5.74) is 2.12. The van der Waals surface area contributed by atoms with Crippen LogP contribution in [0.15, 0.2) is 60.7 Å². The number of fused-ring (bicyclic) bond motifs is 1. The smallest absolute Gasteiger partial charge is 0.119 e. The van der Waals surface area contributed by atoms with E-state index >= 15 is 0 Å². The van der Waals surface area contributed by atoms with Crippen LogP contribution in [0.4, 0.5) is 0 Å². The highest BCUT2D eigenvalue weighted by molar-refractivity contribution is 5.98. The minimum absolute atomic E-state index is 0.264. The van der Waals surface area contributed by atoms with Gasteiger partial charge in [-0.05, 0) is 46.2 Å². The fraction of sp³-hybridized carbons (Fsp3) is 0.0588. The Labute approximate surface area is 111 Å². The van der Waals surface area contributed by atoms with E-state index in [4.69, 9.17) is 4.74 Å². The number of methoxy groups -OCH3 is 1. The van der Waals surface area contributed by atoms with Crippen LogP contribution in [-0.4, -0.2) is 12.2 Å². The summed E-state index contributed by atoms with van der Waals surface area (Å²) < 4.78 is 5.23. The van der Waals surface area contributed by atoms with Crippen molar-refractivity contribution >= 4 is 10.8 Å². The van der Waals surface area contributed by atoms with Crippen molar-refractivity contribution in [3.63, 3.8) is 0 Å². The summed E-state index contributed by atoms with van der Waals surface area (Å²) in [7, 11) is 1.64. The topological polar surface area (TPSA) is 29.5 Å². The molecule has 0 radical (unpaired) electrons. The van der Waals surface area contributed by atoms with E-state index in [-0.39, 0.29) is 5.75 Å². The first-order valence-electron chi connectivity index (χ1n) is 6.14. The van der Waals surface area contributed by atoms with Gasteiger partial charge in [0.15, 0.2) is 0 Å². The molecule has 0 bridgehead atoms. The van der Waals surface area contributed by atoms with Crippen LogP contribution >= 0.6 is 0 Å². The first kappa shape index (κ1) is 11.6. The van der Waals surface area contributed by atoms with Crippen molar-refractivity contribution in [2.24, 2.45) is 0 Å². The Morgan fingerprint density at radius 3 is 2.42 bits per heavy atom. The van der Waals surface area contributed by atoms with Crippen molar-refractivity contribution < 1.29 is 9.84 Å². The molecule has 1 N–H and O–H groups in total. The van der Waals surface area contributed by atoms with E-state index < -0.39 is 0 Å². The third-order valence-corrected chi connectivity index (χ3v) is 3.23. The molecule has 3 rings (SSSR count). The molecule has 0 aliphatic rings. The molecule has 3 aromatic carbocycles. The molecular weight excluding hydrogens is 236 g/mol. The highest BCUT2D eigenvalue weighted by atomic mass is 16.5.